The number of rotatable bonds is 5. The molecule has 148 valence electrons. The van der Waals surface area contributed by atoms with Gasteiger partial charge in [0.05, 0.1) is 12.8 Å². The van der Waals surface area contributed by atoms with Crippen molar-refractivity contribution in [2.45, 2.75) is 36.7 Å². The summed E-state index contributed by atoms with van der Waals surface area (Å²) in [6.45, 7) is 0. The van der Waals surface area contributed by atoms with Crippen molar-refractivity contribution in [1.29, 1.82) is 0 Å². The van der Waals surface area contributed by atoms with Crippen LogP contribution < -0.4 is 10.3 Å². The lowest BCUT2D eigenvalue weighted by Crippen LogP contribution is -2.17. The van der Waals surface area contributed by atoms with E-state index in [2.05, 4.69) is 10.2 Å². The maximum absolute atomic E-state index is 12.6. The first kappa shape index (κ1) is 18.4. The molecular formula is C20H18N4O3S2. The third kappa shape index (κ3) is 3.56. The number of fused-ring (bicyclic) bond motifs is 3. The molecule has 0 spiro atoms. The normalized spacial score (nSPS) is 13.6. The van der Waals surface area contributed by atoms with E-state index < -0.39 is 0 Å². The van der Waals surface area contributed by atoms with Gasteiger partial charge in [-0.2, -0.15) is 0 Å². The Morgan fingerprint density at radius 1 is 1.21 bits per heavy atom. The number of aromatic nitrogens is 4. The molecule has 3 heterocycles. The van der Waals surface area contributed by atoms with Gasteiger partial charge in [0.15, 0.2) is 4.96 Å². The first-order valence-corrected chi connectivity index (χ1v) is 11.2. The molecule has 0 saturated heterocycles. The summed E-state index contributed by atoms with van der Waals surface area (Å²) in [7, 11) is 1.62. The van der Waals surface area contributed by atoms with Gasteiger partial charge in [-0.3, -0.25) is 9.20 Å². The zero-order chi connectivity index (χ0) is 19.8. The Balaban J connectivity index is 1.34. The summed E-state index contributed by atoms with van der Waals surface area (Å²) < 4.78 is 12.7. The molecule has 7 nitrogen and oxygen atoms in total. The highest BCUT2D eigenvalue weighted by Crippen LogP contribution is 2.30. The summed E-state index contributed by atoms with van der Waals surface area (Å²) in [4.78, 5) is 19.4. The molecule has 9 heteroatoms. The van der Waals surface area contributed by atoms with Gasteiger partial charge >= 0.3 is 0 Å². The Hall–Kier alpha value is -2.65. The molecule has 3 aromatic heterocycles. The summed E-state index contributed by atoms with van der Waals surface area (Å²) in [6, 6.07) is 9.05. The van der Waals surface area contributed by atoms with Gasteiger partial charge in [-0.05, 0) is 49.9 Å². The molecule has 0 N–H and O–H groups in total. The quantitative estimate of drug-likeness (QED) is 0.446. The van der Waals surface area contributed by atoms with Crippen LogP contribution in [0.5, 0.6) is 5.75 Å². The molecule has 0 fully saturated rings. The first-order valence-electron chi connectivity index (χ1n) is 9.35. The van der Waals surface area contributed by atoms with Crippen molar-refractivity contribution in [1.82, 2.24) is 19.6 Å². The highest BCUT2D eigenvalue weighted by Gasteiger charge is 2.19. The molecule has 0 amide bonds. The second-order valence-corrected chi connectivity index (χ2v) is 8.76. The average Bonchev–Trinajstić information content (AvgIpc) is 3.37. The predicted molar refractivity (Wildman–Crippen MR) is 112 cm³/mol. The van der Waals surface area contributed by atoms with E-state index in [-0.39, 0.29) is 5.56 Å². The van der Waals surface area contributed by atoms with Crippen LogP contribution >= 0.6 is 23.1 Å². The second-order valence-electron chi connectivity index (χ2n) is 6.77. The van der Waals surface area contributed by atoms with Crippen molar-refractivity contribution < 1.29 is 9.15 Å². The largest absolute Gasteiger partial charge is 0.497 e. The number of aryl methyl sites for hydroxylation is 2. The molecule has 0 unspecified atom stereocenters. The zero-order valence-electron chi connectivity index (χ0n) is 15.8. The summed E-state index contributed by atoms with van der Waals surface area (Å²) in [5.74, 6) is 1.72. The molecule has 0 atom stereocenters. The molecule has 1 aliphatic rings. The van der Waals surface area contributed by atoms with Gasteiger partial charge in [0, 0.05) is 28.0 Å². The van der Waals surface area contributed by atoms with Crippen LogP contribution in [0.2, 0.25) is 0 Å². The third-order valence-corrected chi connectivity index (χ3v) is 6.90. The Bertz CT molecular complexity index is 1230. The standard InChI is InChI=1S/C20H18N4O3S2/c1-26-14-8-6-12(7-9-14)18-22-23-20(27-18)28-11-13-10-17(25)24-15-4-2-3-5-16(15)29-19(24)21-13/h6-10H,2-5,11H2,1H3. The predicted octanol–water partition coefficient (Wildman–Crippen LogP) is 3.99. The lowest BCUT2D eigenvalue weighted by atomic mass is 10.0. The Morgan fingerprint density at radius 2 is 2.03 bits per heavy atom. The van der Waals surface area contributed by atoms with E-state index in [0.29, 0.717) is 16.9 Å². The smallest absolute Gasteiger partial charge is 0.277 e. The Kier molecular flexibility index (Phi) is 4.84. The van der Waals surface area contributed by atoms with Crippen LogP contribution in [0.15, 0.2) is 44.8 Å². The number of methoxy groups -OCH3 is 1. The summed E-state index contributed by atoms with van der Waals surface area (Å²) in [5.41, 5.74) is 2.69. The molecule has 0 saturated carbocycles. The molecule has 0 bridgehead atoms. The van der Waals surface area contributed by atoms with Crippen molar-refractivity contribution in [2.75, 3.05) is 7.11 Å². The van der Waals surface area contributed by atoms with Gasteiger partial charge in [-0.1, -0.05) is 11.8 Å². The zero-order valence-corrected chi connectivity index (χ0v) is 17.4. The van der Waals surface area contributed by atoms with Crippen LogP contribution in [0.3, 0.4) is 0 Å². The minimum absolute atomic E-state index is 0.00514. The molecule has 1 aromatic carbocycles. The highest BCUT2D eigenvalue weighted by atomic mass is 32.2. The molecule has 0 radical (unpaired) electrons. The number of hydrogen-bond acceptors (Lipinski definition) is 8. The summed E-state index contributed by atoms with van der Waals surface area (Å²) in [6.07, 6.45) is 4.33. The van der Waals surface area contributed by atoms with Crippen molar-refractivity contribution in [2.24, 2.45) is 0 Å². The first-order chi connectivity index (χ1) is 14.2. The minimum Gasteiger partial charge on any atom is -0.497 e. The molecule has 29 heavy (non-hydrogen) atoms. The molecule has 1 aliphatic carbocycles. The number of ether oxygens (including phenoxy) is 1. The maximum atomic E-state index is 12.6. The van der Waals surface area contributed by atoms with Crippen LogP contribution in [-0.2, 0) is 18.6 Å². The van der Waals surface area contributed by atoms with Crippen LogP contribution in [0.25, 0.3) is 16.4 Å². The van der Waals surface area contributed by atoms with Crippen LogP contribution in [0.4, 0.5) is 0 Å². The van der Waals surface area contributed by atoms with Gasteiger partial charge < -0.3 is 9.15 Å². The Morgan fingerprint density at radius 3 is 2.86 bits per heavy atom. The van der Waals surface area contributed by atoms with Crippen molar-refractivity contribution in [3.8, 4) is 17.2 Å². The fourth-order valence-electron chi connectivity index (χ4n) is 3.47. The number of nitrogens with zero attached hydrogens (tertiary/aromatic N) is 4. The van der Waals surface area contributed by atoms with E-state index in [1.54, 1.807) is 28.9 Å². The van der Waals surface area contributed by atoms with Gasteiger partial charge in [0.25, 0.3) is 10.8 Å². The molecule has 4 aromatic rings. The monoisotopic (exact) mass is 426 g/mol. The number of thioether (sulfide) groups is 1. The highest BCUT2D eigenvalue weighted by molar-refractivity contribution is 7.98. The van der Waals surface area contributed by atoms with E-state index in [1.165, 1.54) is 23.1 Å². The van der Waals surface area contributed by atoms with E-state index >= 15 is 0 Å². The van der Waals surface area contributed by atoms with E-state index in [9.17, 15) is 4.79 Å². The van der Waals surface area contributed by atoms with Gasteiger partial charge in [0.1, 0.15) is 5.75 Å². The lowest BCUT2D eigenvalue weighted by molar-refractivity contribution is 0.414. The third-order valence-electron chi connectivity index (χ3n) is 4.90. The van der Waals surface area contributed by atoms with Gasteiger partial charge in [0.2, 0.25) is 5.89 Å². The minimum atomic E-state index is -0.00514. The maximum Gasteiger partial charge on any atom is 0.277 e. The average molecular weight is 427 g/mol. The number of thiazole rings is 1. The lowest BCUT2D eigenvalue weighted by Gasteiger charge is -2.09. The fraction of sp³-hybridized carbons (Fsp3) is 0.300. The molecule has 5 rings (SSSR count). The van der Waals surface area contributed by atoms with E-state index in [0.717, 1.165) is 46.9 Å². The Labute approximate surface area is 174 Å². The number of hydrogen-bond donors (Lipinski definition) is 0. The molecular weight excluding hydrogens is 408 g/mol. The second kappa shape index (κ2) is 7.64. The van der Waals surface area contributed by atoms with Crippen LogP contribution in [0, 0.1) is 0 Å². The van der Waals surface area contributed by atoms with E-state index in [1.807, 2.05) is 24.3 Å². The van der Waals surface area contributed by atoms with Crippen LogP contribution in [0.1, 0.15) is 29.1 Å². The van der Waals surface area contributed by atoms with E-state index in [4.69, 9.17) is 14.1 Å². The van der Waals surface area contributed by atoms with Gasteiger partial charge in [-0.15, -0.1) is 21.5 Å². The summed E-state index contributed by atoms with van der Waals surface area (Å²) >= 11 is 3.01. The van der Waals surface area contributed by atoms with Crippen molar-refractivity contribution in [3.63, 3.8) is 0 Å². The topological polar surface area (TPSA) is 82.5 Å². The van der Waals surface area contributed by atoms with Gasteiger partial charge in [-0.25, -0.2) is 4.98 Å². The molecule has 0 aliphatic heterocycles. The number of benzene rings is 1. The fourth-order valence-corrected chi connectivity index (χ4v) is 5.36. The summed E-state index contributed by atoms with van der Waals surface area (Å²) in [5, 5.41) is 8.65. The SMILES string of the molecule is COc1ccc(-c2nnc(SCc3cc(=O)n4c5c(sc4n3)CCCC5)o2)cc1. The van der Waals surface area contributed by atoms with Crippen molar-refractivity contribution >= 4 is 28.1 Å². The van der Waals surface area contributed by atoms with Crippen LogP contribution in [-0.4, -0.2) is 26.7 Å². The van der Waals surface area contributed by atoms with Crippen molar-refractivity contribution in [3.05, 3.63) is 57.0 Å².